The molecule has 0 fully saturated rings. The average molecular weight is 250 g/mol. The summed E-state index contributed by atoms with van der Waals surface area (Å²) in [6, 6.07) is 9.25. The number of nitrogens with zero attached hydrogens (tertiary/aromatic N) is 4. The molecule has 0 radical (unpaired) electrons. The number of aromatic nitrogens is 2. The number of fused-ring (bicyclic) bond motifs is 1. The zero-order chi connectivity index (χ0) is 13.2. The van der Waals surface area contributed by atoms with Crippen molar-refractivity contribution in [3.8, 4) is 12.1 Å². The van der Waals surface area contributed by atoms with Crippen molar-refractivity contribution in [2.75, 3.05) is 6.61 Å². The Morgan fingerprint density at radius 1 is 1.26 bits per heavy atom. The quantitative estimate of drug-likeness (QED) is 0.772. The minimum Gasteiger partial charge on any atom is -0.365 e. The zero-order valence-corrected chi connectivity index (χ0v) is 10.1. The normalized spacial score (nSPS) is 17.3. The Balaban J connectivity index is 2.06. The molecule has 1 aliphatic heterocycles. The number of nitriles is 2. The van der Waals surface area contributed by atoms with Gasteiger partial charge in [-0.05, 0) is 17.7 Å². The van der Waals surface area contributed by atoms with E-state index in [0.29, 0.717) is 17.7 Å². The first-order valence-corrected chi connectivity index (χ1v) is 5.89. The maximum absolute atomic E-state index is 9.07. The van der Waals surface area contributed by atoms with Crippen molar-refractivity contribution in [2.24, 2.45) is 0 Å². The van der Waals surface area contributed by atoms with Gasteiger partial charge in [0, 0.05) is 6.54 Å². The fraction of sp³-hybridized carbons (Fsp3) is 0.214. The van der Waals surface area contributed by atoms with E-state index in [1.165, 1.54) is 0 Å². The van der Waals surface area contributed by atoms with Crippen molar-refractivity contribution in [3.05, 3.63) is 53.1 Å². The fourth-order valence-electron chi connectivity index (χ4n) is 2.27. The molecule has 5 nitrogen and oxygen atoms in total. The van der Waals surface area contributed by atoms with Gasteiger partial charge in [-0.1, -0.05) is 6.07 Å². The molecular weight excluding hydrogens is 240 g/mol. The number of hydrogen-bond acceptors (Lipinski definition) is 4. The topological polar surface area (TPSA) is 74.6 Å². The Morgan fingerprint density at radius 3 is 2.89 bits per heavy atom. The summed E-state index contributed by atoms with van der Waals surface area (Å²) in [4.78, 5) is 4.12. The van der Waals surface area contributed by atoms with Crippen LogP contribution >= 0.6 is 0 Å². The summed E-state index contributed by atoms with van der Waals surface area (Å²) >= 11 is 0. The monoisotopic (exact) mass is 250 g/mol. The Bertz CT molecular complexity index is 705. The predicted molar refractivity (Wildman–Crippen MR) is 65.9 cm³/mol. The lowest BCUT2D eigenvalue weighted by molar-refractivity contribution is 0.0465. The Hall–Kier alpha value is -2.63. The van der Waals surface area contributed by atoms with Crippen LogP contribution in [0, 0.1) is 22.7 Å². The van der Waals surface area contributed by atoms with Gasteiger partial charge >= 0.3 is 0 Å². The number of rotatable bonds is 1. The van der Waals surface area contributed by atoms with Gasteiger partial charge in [-0.15, -0.1) is 0 Å². The molecule has 0 saturated carbocycles. The van der Waals surface area contributed by atoms with Gasteiger partial charge in [0.2, 0.25) is 0 Å². The first-order valence-electron chi connectivity index (χ1n) is 5.89. The lowest BCUT2D eigenvalue weighted by atomic mass is 10.00. The van der Waals surface area contributed by atoms with Crippen LogP contribution in [0.5, 0.6) is 0 Å². The highest BCUT2D eigenvalue weighted by Gasteiger charge is 2.23. The second-order valence-electron chi connectivity index (χ2n) is 4.29. The van der Waals surface area contributed by atoms with E-state index in [2.05, 4.69) is 4.98 Å². The van der Waals surface area contributed by atoms with Crippen LogP contribution in [0.4, 0.5) is 0 Å². The summed E-state index contributed by atoms with van der Waals surface area (Å²) in [6.45, 7) is 1.39. The van der Waals surface area contributed by atoms with E-state index < -0.39 is 0 Å². The largest absolute Gasteiger partial charge is 0.365 e. The average Bonchev–Trinajstić information content (AvgIpc) is 2.94. The second kappa shape index (κ2) is 4.56. The minimum absolute atomic E-state index is 0.226. The Labute approximate surface area is 110 Å². The fourth-order valence-corrected chi connectivity index (χ4v) is 2.27. The number of imidazole rings is 1. The SMILES string of the molecule is N#Cc1ccc(C2OCCn3cncc32)cc1C#N. The molecule has 19 heavy (non-hydrogen) atoms. The van der Waals surface area contributed by atoms with E-state index in [9.17, 15) is 0 Å². The zero-order valence-electron chi connectivity index (χ0n) is 10.1. The van der Waals surface area contributed by atoms with Gasteiger partial charge in [-0.25, -0.2) is 4.98 Å². The molecule has 0 saturated heterocycles. The summed E-state index contributed by atoms with van der Waals surface area (Å²) < 4.78 is 7.81. The predicted octanol–water partition coefficient (Wildman–Crippen LogP) is 1.75. The highest BCUT2D eigenvalue weighted by molar-refractivity contribution is 5.48. The lowest BCUT2D eigenvalue weighted by Gasteiger charge is -2.25. The van der Waals surface area contributed by atoms with E-state index in [0.717, 1.165) is 17.8 Å². The number of benzene rings is 1. The van der Waals surface area contributed by atoms with Crippen molar-refractivity contribution >= 4 is 0 Å². The van der Waals surface area contributed by atoms with Gasteiger partial charge in [-0.3, -0.25) is 0 Å². The molecule has 1 unspecified atom stereocenters. The molecule has 2 heterocycles. The van der Waals surface area contributed by atoms with E-state index >= 15 is 0 Å². The van der Waals surface area contributed by atoms with E-state index in [-0.39, 0.29) is 6.10 Å². The van der Waals surface area contributed by atoms with Gasteiger partial charge < -0.3 is 9.30 Å². The molecule has 3 rings (SSSR count). The van der Waals surface area contributed by atoms with Crippen LogP contribution in [-0.2, 0) is 11.3 Å². The van der Waals surface area contributed by atoms with Crippen molar-refractivity contribution in [3.63, 3.8) is 0 Å². The third-order valence-corrected chi connectivity index (χ3v) is 3.22. The molecule has 0 bridgehead atoms. The molecule has 0 N–H and O–H groups in total. The molecule has 1 aromatic heterocycles. The Morgan fingerprint density at radius 2 is 2.11 bits per heavy atom. The van der Waals surface area contributed by atoms with Gasteiger partial charge in [0.05, 0.1) is 36.0 Å². The van der Waals surface area contributed by atoms with Crippen LogP contribution in [0.3, 0.4) is 0 Å². The molecule has 2 aromatic rings. The van der Waals surface area contributed by atoms with Crippen LogP contribution in [0.25, 0.3) is 0 Å². The standard InChI is InChI=1S/C14H10N4O/c15-6-11-2-1-10(5-12(11)7-16)14-13-8-17-9-18(13)3-4-19-14/h1-2,5,8-9,14H,3-4H2. The number of ether oxygens (including phenoxy) is 1. The minimum atomic E-state index is -0.226. The van der Waals surface area contributed by atoms with Crippen molar-refractivity contribution in [1.29, 1.82) is 10.5 Å². The molecule has 1 aromatic carbocycles. The van der Waals surface area contributed by atoms with Crippen molar-refractivity contribution in [2.45, 2.75) is 12.6 Å². The molecular formula is C14H10N4O. The van der Waals surface area contributed by atoms with Gasteiger partial charge in [0.1, 0.15) is 18.2 Å². The summed E-state index contributed by atoms with van der Waals surface area (Å²) in [5.41, 5.74) is 2.60. The lowest BCUT2D eigenvalue weighted by Crippen LogP contribution is -2.21. The molecule has 0 spiro atoms. The summed E-state index contributed by atoms with van der Waals surface area (Å²) in [6.07, 6.45) is 3.32. The van der Waals surface area contributed by atoms with Crippen LogP contribution in [0.2, 0.25) is 0 Å². The van der Waals surface area contributed by atoms with E-state index in [1.807, 2.05) is 22.8 Å². The van der Waals surface area contributed by atoms with E-state index in [1.54, 1.807) is 24.7 Å². The third kappa shape index (κ3) is 1.87. The molecule has 92 valence electrons. The van der Waals surface area contributed by atoms with Crippen molar-refractivity contribution in [1.82, 2.24) is 9.55 Å². The summed E-state index contributed by atoms with van der Waals surface area (Å²) in [5, 5.41) is 18.0. The van der Waals surface area contributed by atoms with Crippen molar-refractivity contribution < 1.29 is 4.74 Å². The second-order valence-corrected chi connectivity index (χ2v) is 4.29. The third-order valence-electron chi connectivity index (χ3n) is 3.22. The van der Waals surface area contributed by atoms with Crippen LogP contribution < -0.4 is 0 Å². The van der Waals surface area contributed by atoms with Crippen LogP contribution in [-0.4, -0.2) is 16.2 Å². The molecule has 1 aliphatic rings. The first-order chi connectivity index (χ1) is 9.33. The smallest absolute Gasteiger partial charge is 0.124 e. The highest BCUT2D eigenvalue weighted by Crippen LogP contribution is 2.29. The van der Waals surface area contributed by atoms with E-state index in [4.69, 9.17) is 15.3 Å². The summed E-state index contributed by atoms with van der Waals surface area (Å²) in [7, 11) is 0. The molecule has 1 atom stereocenters. The van der Waals surface area contributed by atoms with Crippen LogP contribution in [0.1, 0.15) is 28.5 Å². The summed E-state index contributed by atoms with van der Waals surface area (Å²) in [5.74, 6) is 0. The number of hydrogen-bond donors (Lipinski definition) is 0. The maximum atomic E-state index is 9.07. The molecule has 0 aliphatic carbocycles. The molecule has 5 heteroatoms. The van der Waals surface area contributed by atoms with Gasteiger partial charge in [0.25, 0.3) is 0 Å². The first kappa shape index (κ1) is 11.5. The highest BCUT2D eigenvalue weighted by atomic mass is 16.5. The Kier molecular flexibility index (Phi) is 2.75. The molecule has 0 amide bonds. The van der Waals surface area contributed by atoms with Gasteiger partial charge in [0.15, 0.2) is 0 Å². The maximum Gasteiger partial charge on any atom is 0.124 e. The van der Waals surface area contributed by atoms with Crippen LogP contribution in [0.15, 0.2) is 30.7 Å². The van der Waals surface area contributed by atoms with Gasteiger partial charge in [-0.2, -0.15) is 10.5 Å².